The summed E-state index contributed by atoms with van der Waals surface area (Å²) in [6.45, 7) is 5.94. The fourth-order valence-corrected chi connectivity index (χ4v) is 2.15. The predicted molar refractivity (Wildman–Crippen MR) is 86.7 cm³/mol. The Morgan fingerprint density at radius 2 is 2.00 bits per heavy atom. The zero-order chi connectivity index (χ0) is 16.4. The van der Waals surface area contributed by atoms with E-state index in [1.807, 2.05) is 6.92 Å². The van der Waals surface area contributed by atoms with Crippen molar-refractivity contribution in [3.05, 3.63) is 27.8 Å². The molecule has 0 saturated heterocycles. The van der Waals surface area contributed by atoms with E-state index in [0.29, 0.717) is 18.9 Å². The van der Waals surface area contributed by atoms with Crippen LogP contribution in [0.5, 0.6) is 11.5 Å². The summed E-state index contributed by atoms with van der Waals surface area (Å²) in [7, 11) is 1.50. The molecule has 0 aliphatic rings. The molecule has 0 bridgehead atoms. The number of nitro benzene ring substituents is 1. The van der Waals surface area contributed by atoms with Gasteiger partial charge in [-0.2, -0.15) is 0 Å². The van der Waals surface area contributed by atoms with Gasteiger partial charge in [-0.25, -0.2) is 0 Å². The first-order valence-electron chi connectivity index (χ1n) is 7.82. The van der Waals surface area contributed by atoms with Crippen LogP contribution in [0.4, 0.5) is 5.69 Å². The Kier molecular flexibility index (Phi) is 8.28. The Morgan fingerprint density at radius 3 is 2.59 bits per heavy atom. The molecule has 0 atom stereocenters. The van der Waals surface area contributed by atoms with Crippen LogP contribution in [0.3, 0.4) is 0 Å². The van der Waals surface area contributed by atoms with Crippen molar-refractivity contribution in [1.29, 1.82) is 0 Å². The summed E-state index contributed by atoms with van der Waals surface area (Å²) >= 11 is 0. The van der Waals surface area contributed by atoms with Crippen molar-refractivity contribution in [2.45, 2.75) is 46.1 Å². The maximum atomic E-state index is 11.3. The molecule has 0 amide bonds. The highest BCUT2D eigenvalue weighted by atomic mass is 16.6. The van der Waals surface area contributed by atoms with E-state index in [2.05, 4.69) is 12.2 Å². The summed E-state index contributed by atoms with van der Waals surface area (Å²) in [5.74, 6) is 0.641. The summed E-state index contributed by atoms with van der Waals surface area (Å²) < 4.78 is 10.9. The van der Waals surface area contributed by atoms with Gasteiger partial charge in [-0.05, 0) is 24.6 Å². The van der Waals surface area contributed by atoms with Gasteiger partial charge in [0.2, 0.25) is 5.75 Å². The third kappa shape index (κ3) is 5.52. The molecule has 1 aromatic rings. The van der Waals surface area contributed by atoms with Gasteiger partial charge in [0, 0.05) is 12.6 Å². The molecule has 0 radical (unpaired) electrons. The largest absolute Gasteiger partial charge is 0.493 e. The van der Waals surface area contributed by atoms with Crippen molar-refractivity contribution >= 4 is 5.69 Å². The van der Waals surface area contributed by atoms with Gasteiger partial charge in [0.25, 0.3) is 0 Å². The third-order valence-corrected chi connectivity index (χ3v) is 3.34. The van der Waals surface area contributed by atoms with Gasteiger partial charge in [-0.3, -0.25) is 10.1 Å². The van der Waals surface area contributed by atoms with Gasteiger partial charge in [-0.1, -0.05) is 33.1 Å². The van der Waals surface area contributed by atoms with Crippen LogP contribution in [-0.2, 0) is 6.54 Å². The molecule has 0 spiro atoms. The van der Waals surface area contributed by atoms with E-state index in [0.717, 1.165) is 37.8 Å². The first-order chi connectivity index (χ1) is 10.6. The standard InChI is InChI=1S/C16H26N2O4/c1-4-6-7-8-9-22-16-14(18(19)20)10-13(12-17-5-2)11-15(16)21-3/h10-11,17H,4-9,12H2,1-3H3. The number of ether oxygens (including phenoxy) is 2. The molecule has 22 heavy (non-hydrogen) atoms. The van der Waals surface area contributed by atoms with Gasteiger partial charge >= 0.3 is 5.69 Å². The molecule has 6 nitrogen and oxygen atoms in total. The first kappa shape index (κ1) is 18.2. The Balaban J connectivity index is 2.89. The highest BCUT2D eigenvalue weighted by Gasteiger charge is 2.22. The lowest BCUT2D eigenvalue weighted by molar-refractivity contribution is -0.386. The third-order valence-electron chi connectivity index (χ3n) is 3.34. The summed E-state index contributed by atoms with van der Waals surface area (Å²) in [5.41, 5.74) is 0.770. The van der Waals surface area contributed by atoms with E-state index < -0.39 is 4.92 Å². The molecule has 0 heterocycles. The SMILES string of the molecule is CCCCCCOc1c(OC)cc(CNCC)cc1[N+](=O)[O-]. The summed E-state index contributed by atoms with van der Waals surface area (Å²) in [4.78, 5) is 10.9. The Bertz CT molecular complexity index is 477. The average molecular weight is 310 g/mol. The summed E-state index contributed by atoms with van der Waals surface area (Å²) in [6.07, 6.45) is 4.23. The Hall–Kier alpha value is -1.82. The van der Waals surface area contributed by atoms with Crippen molar-refractivity contribution in [2.75, 3.05) is 20.3 Å². The zero-order valence-electron chi connectivity index (χ0n) is 13.7. The van der Waals surface area contributed by atoms with Crippen molar-refractivity contribution < 1.29 is 14.4 Å². The molecule has 0 fully saturated rings. The summed E-state index contributed by atoms with van der Waals surface area (Å²) in [5, 5.41) is 14.4. The smallest absolute Gasteiger partial charge is 0.315 e. The van der Waals surface area contributed by atoms with E-state index in [-0.39, 0.29) is 11.4 Å². The van der Waals surface area contributed by atoms with Gasteiger partial charge < -0.3 is 14.8 Å². The number of nitrogens with zero attached hydrogens (tertiary/aromatic N) is 1. The van der Waals surface area contributed by atoms with Gasteiger partial charge in [-0.15, -0.1) is 0 Å². The number of rotatable bonds is 11. The van der Waals surface area contributed by atoms with Crippen LogP contribution < -0.4 is 14.8 Å². The molecule has 0 aromatic heterocycles. The van der Waals surface area contributed by atoms with Crippen LogP contribution in [0.15, 0.2) is 12.1 Å². The predicted octanol–water partition coefficient (Wildman–Crippen LogP) is 3.67. The molecule has 0 saturated carbocycles. The van der Waals surface area contributed by atoms with Gasteiger partial charge in [0.05, 0.1) is 18.6 Å². The fraction of sp³-hybridized carbons (Fsp3) is 0.625. The zero-order valence-corrected chi connectivity index (χ0v) is 13.7. The normalized spacial score (nSPS) is 10.5. The number of nitrogens with one attached hydrogen (secondary N) is 1. The molecule has 1 N–H and O–H groups in total. The first-order valence-corrected chi connectivity index (χ1v) is 7.82. The van der Waals surface area contributed by atoms with E-state index in [9.17, 15) is 10.1 Å². The molecule has 0 aliphatic heterocycles. The van der Waals surface area contributed by atoms with E-state index >= 15 is 0 Å². The second-order valence-corrected chi connectivity index (χ2v) is 5.09. The number of nitro groups is 1. The van der Waals surface area contributed by atoms with E-state index in [1.54, 1.807) is 12.1 Å². The number of hydrogen-bond acceptors (Lipinski definition) is 5. The van der Waals surface area contributed by atoms with Crippen LogP contribution in [0.2, 0.25) is 0 Å². The van der Waals surface area contributed by atoms with E-state index in [1.165, 1.54) is 7.11 Å². The lowest BCUT2D eigenvalue weighted by Gasteiger charge is -2.13. The van der Waals surface area contributed by atoms with Crippen LogP contribution in [-0.4, -0.2) is 25.2 Å². The maximum Gasteiger partial charge on any atom is 0.315 e. The Labute approximate surface area is 132 Å². The minimum atomic E-state index is -0.417. The molecule has 0 unspecified atom stereocenters. The minimum Gasteiger partial charge on any atom is -0.493 e. The topological polar surface area (TPSA) is 73.6 Å². The minimum absolute atomic E-state index is 0.0391. The Morgan fingerprint density at radius 1 is 1.23 bits per heavy atom. The highest BCUT2D eigenvalue weighted by molar-refractivity contribution is 5.58. The van der Waals surface area contributed by atoms with Crippen molar-refractivity contribution in [1.82, 2.24) is 5.32 Å². The molecule has 0 aliphatic carbocycles. The van der Waals surface area contributed by atoms with Gasteiger partial charge in [0.15, 0.2) is 5.75 Å². The number of unbranched alkanes of at least 4 members (excludes halogenated alkanes) is 3. The second-order valence-electron chi connectivity index (χ2n) is 5.09. The molecule has 1 aromatic carbocycles. The lowest BCUT2D eigenvalue weighted by Crippen LogP contribution is -2.12. The maximum absolute atomic E-state index is 11.3. The van der Waals surface area contributed by atoms with Crippen molar-refractivity contribution in [3.63, 3.8) is 0 Å². The van der Waals surface area contributed by atoms with Crippen LogP contribution in [0, 0.1) is 10.1 Å². The quantitative estimate of drug-likeness (QED) is 0.383. The van der Waals surface area contributed by atoms with E-state index in [4.69, 9.17) is 9.47 Å². The number of hydrogen-bond donors (Lipinski definition) is 1. The van der Waals surface area contributed by atoms with Crippen LogP contribution >= 0.6 is 0 Å². The monoisotopic (exact) mass is 310 g/mol. The van der Waals surface area contributed by atoms with Crippen LogP contribution in [0.25, 0.3) is 0 Å². The number of methoxy groups -OCH3 is 1. The summed E-state index contributed by atoms with van der Waals surface area (Å²) in [6, 6.07) is 3.34. The van der Waals surface area contributed by atoms with Crippen molar-refractivity contribution in [2.24, 2.45) is 0 Å². The molecule has 124 valence electrons. The average Bonchev–Trinajstić information content (AvgIpc) is 2.52. The second kappa shape index (κ2) is 10.00. The van der Waals surface area contributed by atoms with Gasteiger partial charge in [0.1, 0.15) is 0 Å². The molecular weight excluding hydrogens is 284 g/mol. The molecule has 6 heteroatoms. The molecular formula is C16H26N2O4. The highest BCUT2D eigenvalue weighted by Crippen LogP contribution is 2.38. The fourth-order valence-electron chi connectivity index (χ4n) is 2.15. The van der Waals surface area contributed by atoms with Crippen LogP contribution in [0.1, 0.15) is 45.1 Å². The molecule has 1 rings (SSSR count). The lowest BCUT2D eigenvalue weighted by atomic mass is 10.1. The number of benzene rings is 1. The van der Waals surface area contributed by atoms with Crippen molar-refractivity contribution in [3.8, 4) is 11.5 Å².